The maximum absolute atomic E-state index is 13.8. The first kappa shape index (κ1) is 38.4. The summed E-state index contributed by atoms with van der Waals surface area (Å²) in [6.07, 6.45) is -16.4. The van der Waals surface area contributed by atoms with Crippen molar-refractivity contribution in [2.45, 2.75) is 77.3 Å². The summed E-state index contributed by atoms with van der Waals surface area (Å²) >= 11 is 0. The number of cyclic esters (lactones) is 1. The van der Waals surface area contributed by atoms with E-state index in [2.05, 4.69) is 11.3 Å². The van der Waals surface area contributed by atoms with Gasteiger partial charge in [-0.05, 0) is 93.0 Å². The lowest BCUT2D eigenvalue weighted by Crippen LogP contribution is -2.39. The Morgan fingerprint density at radius 2 is 1.52 bits per heavy atom. The van der Waals surface area contributed by atoms with Gasteiger partial charge in [0.15, 0.2) is 6.10 Å². The van der Waals surface area contributed by atoms with Crippen molar-refractivity contribution in [2.75, 3.05) is 18.1 Å². The number of rotatable bonds is 10. The predicted octanol–water partition coefficient (Wildman–Crippen LogP) is 8.94. The Balaban J connectivity index is 1.64. The normalized spacial score (nSPS) is 20.1. The highest BCUT2D eigenvalue weighted by molar-refractivity contribution is 5.96. The van der Waals surface area contributed by atoms with Crippen molar-refractivity contribution in [1.82, 2.24) is 4.90 Å². The van der Waals surface area contributed by atoms with Gasteiger partial charge < -0.3 is 19.1 Å². The van der Waals surface area contributed by atoms with E-state index in [1.54, 1.807) is 13.8 Å². The zero-order valence-corrected chi connectivity index (χ0v) is 26.8. The van der Waals surface area contributed by atoms with Crippen LogP contribution in [0.4, 0.5) is 50.0 Å². The van der Waals surface area contributed by atoms with E-state index < -0.39 is 71.5 Å². The topological polar surface area (TPSA) is 85.4 Å². The van der Waals surface area contributed by atoms with E-state index in [9.17, 15) is 53.9 Å². The molecule has 8 nitrogen and oxygen atoms in total. The van der Waals surface area contributed by atoms with Gasteiger partial charge in [-0.15, -0.1) is 13.2 Å². The van der Waals surface area contributed by atoms with Crippen LogP contribution in [0.1, 0.15) is 74.3 Å². The van der Waals surface area contributed by atoms with Gasteiger partial charge in [0.05, 0.1) is 30.0 Å². The maximum Gasteiger partial charge on any atom is 0.573 e. The molecule has 2 amide bonds. The molecule has 0 radical (unpaired) electrons. The van der Waals surface area contributed by atoms with Gasteiger partial charge in [-0.3, -0.25) is 14.5 Å². The Bertz CT molecular complexity index is 1570. The minimum atomic E-state index is -5.19. The van der Waals surface area contributed by atoms with Crippen molar-refractivity contribution < 1.29 is 68.1 Å². The largest absolute Gasteiger partial charge is 0.573 e. The number of carbonyl (C=O) groups excluding carboxylic acids is 3. The highest BCUT2D eigenvalue weighted by Crippen LogP contribution is 2.43. The van der Waals surface area contributed by atoms with Gasteiger partial charge in [0.25, 0.3) is 0 Å². The second kappa shape index (κ2) is 14.8. The molecule has 2 aliphatic rings. The van der Waals surface area contributed by atoms with Crippen molar-refractivity contribution >= 4 is 23.7 Å². The number of esters is 1. The molecule has 1 aliphatic carbocycles. The van der Waals surface area contributed by atoms with E-state index in [1.807, 2.05) is 0 Å². The van der Waals surface area contributed by atoms with Crippen LogP contribution in [0, 0.1) is 11.8 Å². The molecular formula is C33H33F9N2O6. The number of alkyl halides is 9. The van der Waals surface area contributed by atoms with Crippen LogP contribution in [0.2, 0.25) is 0 Å². The third-order valence-electron chi connectivity index (χ3n) is 8.44. The highest BCUT2D eigenvalue weighted by Gasteiger charge is 2.42. The predicted molar refractivity (Wildman–Crippen MR) is 158 cm³/mol. The summed E-state index contributed by atoms with van der Waals surface area (Å²) in [6.45, 7) is 6.57. The Labute approximate surface area is 280 Å². The number of anilines is 1. The number of ether oxygens (including phenoxy) is 3. The van der Waals surface area contributed by atoms with E-state index >= 15 is 0 Å². The summed E-state index contributed by atoms with van der Waals surface area (Å²) in [5.74, 6) is -1.95. The first-order valence-corrected chi connectivity index (χ1v) is 15.5. The molecule has 1 aliphatic heterocycles. The summed E-state index contributed by atoms with van der Waals surface area (Å²) in [5, 5.41) is 0. The van der Waals surface area contributed by atoms with Crippen LogP contribution >= 0.6 is 0 Å². The van der Waals surface area contributed by atoms with Gasteiger partial charge in [0, 0.05) is 24.6 Å². The number of carbonyl (C=O) groups is 3. The molecule has 1 saturated heterocycles. The Kier molecular flexibility index (Phi) is 11.4. The molecule has 0 N–H and O–H groups in total. The molecule has 0 bridgehead atoms. The summed E-state index contributed by atoms with van der Waals surface area (Å²) in [5.41, 5.74) is -4.41. The molecule has 2 fully saturated rings. The van der Waals surface area contributed by atoms with Crippen LogP contribution in [0.5, 0.6) is 5.75 Å². The minimum absolute atomic E-state index is 0.00622. The van der Waals surface area contributed by atoms with Crippen LogP contribution in [0.25, 0.3) is 0 Å². The second-order valence-electron chi connectivity index (χ2n) is 11.8. The standard InChI is InChI=1S/C33H33F9N2O6/c1-4-43(29(46)20-8-6-19(7-9-20)12-27(45)48-5-2)26-11-10-25(50-33(40,41)42)15-22(26)17-44-18(3)28(49-30(44)47)21-13-23(31(34,35)36)16-24(14-21)32(37,38)39/h10-11,13-16,19-20,28H,3-9,12,17H2,1-2H3/t19?,20?,28-/m0/s1. The SMILES string of the molecule is C=C1[C@@H](c2cc(C(F)(F)F)cc(C(F)(F)F)c2)OC(=O)N1Cc1cc(OC(F)(F)F)ccc1N(CC)C(=O)C1CCC(CC(=O)OCC)CC1. The maximum atomic E-state index is 13.8. The fourth-order valence-corrected chi connectivity index (χ4v) is 6.10. The van der Waals surface area contributed by atoms with E-state index in [1.165, 1.54) is 11.0 Å². The van der Waals surface area contributed by atoms with Crippen LogP contribution < -0.4 is 9.64 Å². The molecule has 0 unspecified atom stereocenters. The van der Waals surface area contributed by atoms with Gasteiger partial charge >= 0.3 is 30.8 Å². The Morgan fingerprint density at radius 1 is 0.920 bits per heavy atom. The van der Waals surface area contributed by atoms with Crippen molar-refractivity contribution in [3.63, 3.8) is 0 Å². The summed E-state index contributed by atoms with van der Waals surface area (Å²) in [6, 6.07) is 3.71. The first-order chi connectivity index (χ1) is 23.2. The molecule has 1 saturated carbocycles. The third kappa shape index (κ3) is 9.21. The molecule has 274 valence electrons. The van der Waals surface area contributed by atoms with E-state index in [0.29, 0.717) is 37.8 Å². The summed E-state index contributed by atoms with van der Waals surface area (Å²) < 4.78 is 135. The molecule has 50 heavy (non-hydrogen) atoms. The van der Waals surface area contributed by atoms with Crippen molar-refractivity contribution in [2.24, 2.45) is 11.8 Å². The van der Waals surface area contributed by atoms with Gasteiger partial charge in [-0.25, -0.2) is 4.79 Å². The van der Waals surface area contributed by atoms with Crippen molar-refractivity contribution in [1.29, 1.82) is 0 Å². The van der Waals surface area contributed by atoms with Crippen LogP contribution in [0.15, 0.2) is 48.7 Å². The minimum Gasteiger partial charge on any atom is -0.466 e. The molecule has 4 rings (SSSR count). The second-order valence-corrected chi connectivity index (χ2v) is 11.8. The average Bonchev–Trinajstić information content (AvgIpc) is 3.29. The molecule has 0 spiro atoms. The summed E-state index contributed by atoms with van der Waals surface area (Å²) in [4.78, 5) is 40.7. The Hall–Kier alpha value is -4.44. The van der Waals surface area contributed by atoms with Gasteiger partial charge in [-0.2, -0.15) is 26.3 Å². The third-order valence-corrected chi connectivity index (χ3v) is 8.44. The lowest BCUT2D eigenvalue weighted by molar-refractivity contribution is -0.274. The lowest BCUT2D eigenvalue weighted by Gasteiger charge is -2.33. The van der Waals surface area contributed by atoms with E-state index in [-0.39, 0.29) is 54.7 Å². The lowest BCUT2D eigenvalue weighted by atomic mass is 9.80. The number of hydrogen-bond acceptors (Lipinski definition) is 6. The number of hydrogen-bond donors (Lipinski definition) is 0. The first-order valence-electron chi connectivity index (χ1n) is 15.5. The zero-order valence-electron chi connectivity index (χ0n) is 26.8. The van der Waals surface area contributed by atoms with Gasteiger partial charge in [0.2, 0.25) is 5.91 Å². The zero-order chi connectivity index (χ0) is 37.2. The monoisotopic (exact) mass is 724 g/mol. The highest BCUT2D eigenvalue weighted by atomic mass is 19.4. The molecule has 17 heteroatoms. The molecule has 2 aromatic carbocycles. The molecule has 1 atom stereocenters. The molecule has 0 aromatic heterocycles. The Morgan fingerprint density at radius 3 is 2.04 bits per heavy atom. The smallest absolute Gasteiger partial charge is 0.466 e. The average molecular weight is 725 g/mol. The summed E-state index contributed by atoms with van der Waals surface area (Å²) in [7, 11) is 0. The number of halogens is 9. The van der Waals surface area contributed by atoms with E-state index in [0.717, 1.165) is 17.0 Å². The van der Waals surface area contributed by atoms with Crippen LogP contribution in [-0.2, 0) is 38.0 Å². The number of amides is 2. The van der Waals surface area contributed by atoms with Crippen molar-refractivity contribution in [3.8, 4) is 5.75 Å². The fourth-order valence-electron chi connectivity index (χ4n) is 6.10. The molecular weight excluding hydrogens is 691 g/mol. The number of nitrogens with zero attached hydrogens (tertiary/aromatic N) is 2. The number of benzene rings is 2. The quantitative estimate of drug-likeness (QED) is 0.180. The van der Waals surface area contributed by atoms with Crippen LogP contribution in [-0.4, -0.2) is 42.4 Å². The van der Waals surface area contributed by atoms with E-state index in [4.69, 9.17) is 9.47 Å². The van der Waals surface area contributed by atoms with Gasteiger partial charge in [-0.1, -0.05) is 6.58 Å². The molecule has 2 aromatic rings. The molecule has 1 heterocycles. The van der Waals surface area contributed by atoms with Gasteiger partial charge in [0.1, 0.15) is 5.75 Å². The van der Waals surface area contributed by atoms with Crippen molar-refractivity contribution in [3.05, 3.63) is 70.9 Å². The van der Waals surface area contributed by atoms with Crippen LogP contribution in [0.3, 0.4) is 0 Å². The fraction of sp³-hybridized carbons (Fsp3) is 0.485.